The normalized spacial score (nSPS) is 12.1. The Labute approximate surface area is 84.2 Å². The van der Waals surface area contributed by atoms with E-state index < -0.39 is 0 Å². The summed E-state index contributed by atoms with van der Waals surface area (Å²) in [4.78, 5) is 0. The van der Waals surface area contributed by atoms with Crippen molar-refractivity contribution in [2.24, 2.45) is 0 Å². The van der Waals surface area contributed by atoms with Gasteiger partial charge < -0.3 is 4.74 Å². The van der Waals surface area contributed by atoms with Crippen LogP contribution in [0, 0.1) is 5.82 Å². The first-order valence-electron chi connectivity index (χ1n) is 4.79. The number of ether oxygens (including phenoxy) is 1. The van der Waals surface area contributed by atoms with Gasteiger partial charge in [0.05, 0.1) is 0 Å². The summed E-state index contributed by atoms with van der Waals surface area (Å²) < 4.78 is 18.2. The van der Waals surface area contributed by atoms with Gasteiger partial charge in [-0.3, -0.25) is 0 Å². The standard InChI is InChI=1S/C12H15FO/c1-3-5-11(4-2)14-12-8-6-10(13)7-9-12/h3,6-9,11H,1,4-5H2,2H3. The van der Waals surface area contributed by atoms with Crippen molar-refractivity contribution in [2.45, 2.75) is 25.9 Å². The third-order valence-electron chi connectivity index (χ3n) is 2.00. The summed E-state index contributed by atoms with van der Waals surface area (Å²) in [6.07, 6.45) is 3.70. The molecule has 1 aromatic carbocycles. The number of hydrogen-bond donors (Lipinski definition) is 0. The van der Waals surface area contributed by atoms with Crippen molar-refractivity contribution in [3.05, 3.63) is 42.7 Å². The average molecular weight is 194 g/mol. The monoisotopic (exact) mass is 194 g/mol. The maximum absolute atomic E-state index is 12.6. The Morgan fingerprint density at radius 2 is 2.07 bits per heavy atom. The summed E-state index contributed by atoms with van der Waals surface area (Å²) in [6.45, 7) is 5.72. The minimum atomic E-state index is -0.242. The molecule has 1 aromatic rings. The van der Waals surface area contributed by atoms with Gasteiger partial charge in [0.25, 0.3) is 0 Å². The first-order chi connectivity index (χ1) is 6.76. The Bertz CT molecular complexity index is 279. The highest BCUT2D eigenvalue weighted by Gasteiger charge is 2.05. The zero-order chi connectivity index (χ0) is 10.4. The summed E-state index contributed by atoms with van der Waals surface area (Å²) in [5.41, 5.74) is 0. The molecular weight excluding hydrogens is 179 g/mol. The van der Waals surface area contributed by atoms with Crippen molar-refractivity contribution in [2.75, 3.05) is 0 Å². The number of halogens is 1. The molecule has 0 bridgehead atoms. The minimum absolute atomic E-state index is 0.137. The fourth-order valence-corrected chi connectivity index (χ4v) is 1.19. The van der Waals surface area contributed by atoms with E-state index in [9.17, 15) is 4.39 Å². The van der Waals surface area contributed by atoms with Gasteiger partial charge in [0.1, 0.15) is 17.7 Å². The van der Waals surface area contributed by atoms with Crippen molar-refractivity contribution >= 4 is 0 Å². The highest BCUT2D eigenvalue weighted by atomic mass is 19.1. The van der Waals surface area contributed by atoms with E-state index in [0.717, 1.165) is 12.8 Å². The second-order valence-corrected chi connectivity index (χ2v) is 3.13. The molecule has 0 aliphatic rings. The second kappa shape index (κ2) is 5.43. The van der Waals surface area contributed by atoms with Crippen molar-refractivity contribution in [1.82, 2.24) is 0 Å². The fraction of sp³-hybridized carbons (Fsp3) is 0.333. The van der Waals surface area contributed by atoms with E-state index in [4.69, 9.17) is 4.74 Å². The Hall–Kier alpha value is -1.31. The SMILES string of the molecule is C=CCC(CC)Oc1ccc(F)cc1. The van der Waals surface area contributed by atoms with Gasteiger partial charge >= 0.3 is 0 Å². The maximum atomic E-state index is 12.6. The largest absolute Gasteiger partial charge is 0.490 e. The lowest BCUT2D eigenvalue weighted by atomic mass is 10.2. The van der Waals surface area contributed by atoms with Crippen LogP contribution in [0.5, 0.6) is 5.75 Å². The molecule has 0 aliphatic heterocycles. The number of rotatable bonds is 5. The summed E-state index contributed by atoms with van der Waals surface area (Å²) in [5.74, 6) is 0.467. The van der Waals surface area contributed by atoms with Gasteiger partial charge in [-0.15, -0.1) is 6.58 Å². The molecule has 0 fully saturated rings. The van der Waals surface area contributed by atoms with E-state index in [-0.39, 0.29) is 11.9 Å². The maximum Gasteiger partial charge on any atom is 0.123 e. The highest BCUT2D eigenvalue weighted by Crippen LogP contribution is 2.15. The van der Waals surface area contributed by atoms with E-state index in [1.807, 2.05) is 6.08 Å². The van der Waals surface area contributed by atoms with Gasteiger partial charge in [0, 0.05) is 6.42 Å². The molecular formula is C12H15FO. The minimum Gasteiger partial charge on any atom is -0.490 e. The Morgan fingerprint density at radius 1 is 1.43 bits per heavy atom. The van der Waals surface area contributed by atoms with E-state index in [1.54, 1.807) is 12.1 Å². The van der Waals surface area contributed by atoms with Crippen LogP contribution in [0.25, 0.3) is 0 Å². The molecule has 0 amide bonds. The molecule has 1 unspecified atom stereocenters. The van der Waals surface area contributed by atoms with E-state index in [0.29, 0.717) is 5.75 Å². The molecule has 0 N–H and O–H groups in total. The lowest BCUT2D eigenvalue weighted by molar-refractivity contribution is 0.200. The van der Waals surface area contributed by atoms with Crippen LogP contribution in [-0.2, 0) is 0 Å². The molecule has 0 saturated heterocycles. The van der Waals surface area contributed by atoms with Crippen LogP contribution in [0.4, 0.5) is 4.39 Å². The van der Waals surface area contributed by atoms with Gasteiger partial charge in [-0.2, -0.15) is 0 Å². The molecule has 2 heteroatoms. The summed E-state index contributed by atoms with van der Waals surface area (Å²) >= 11 is 0. The molecule has 76 valence electrons. The number of hydrogen-bond acceptors (Lipinski definition) is 1. The molecule has 14 heavy (non-hydrogen) atoms. The highest BCUT2D eigenvalue weighted by molar-refractivity contribution is 5.22. The molecule has 1 nitrogen and oxygen atoms in total. The van der Waals surface area contributed by atoms with Crippen molar-refractivity contribution in [3.8, 4) is 5.75 Å². The van der Waals surface area contributed by atoms with Gasteiger partial charge in [0.2, 0.25) is 0 Å². The van der Waals surface area contributed by atoms with E-state index in [1.165, 1.54) is 12.1 Å². The van der Waals surface area contributed by atoms with Crippen molar-refractivity contribution in [1.29, 1.82) is 0 Å². The summed E-state index contributed by atoms with van der Waals surface area (Å²) in [6, 6.07) is 6.08. The molecule has 1 rings (SSSR count). The summed E-state index contributed by atoms with van der Waals surface area (Å²) in [7, 11) is 0. The van der Waals surface area contributed by atoms with Crippen molar-refractivity contribution in [3.63, 3.8) is 0 Å². The molecule has 1 atom stereocenters. The third-order valence-corrected chi connectivity index (χ3v) is 2.00. The summed E-state index contributed by atoms with van der Waals surface area (Å²) in [5, 5.41) is 0. The third kappa shape index (κ3) is 3.21. The van der Waals surface area contributed by atoms with E-state index in [2.05, 4.69) is 13.5 Å². The topological polar surface area (TPSA) is 9.23 Å². The molecule has 0 aromatic heterocycles. The van der Waals surface area contributed by atoms with Crippen LogP contribution in [0.15, 0.2) is 36.9 Å². The first-order valence-corrected chi connectivity index (χ1v) is 4.79. The molecule has 0 radical (unpaired) electrons. The zero-order valence-corrected chi connectivity index (χ0v) is 8.37. The van der Waals surface area contributed by atoms with Gasteiger partial charge in [-0.05, 0) is 30.7 Å². The predicted octanol–water partition coefficient (Wildman–Crippen LogP) is 3.56. The van der Waals surface area contributed by atoms with E-state index >= 15 is 0 Å². The average Bonchev–Trinajstić information content (AvgIpc) is 2.20. The Balaban J connectivity index is 2.57. The van der Waals surface area contributed by atoms with Crippen LogP contribution < -0.4 is 4.74 Å². The molecule has 0 aliphatic carbocycles. The van der Waals surface area contributed by atoms with Crippen LogP contribution >= 0.6 is 0 Å². The number of benzene rings is 1. The van der Waals surface area contributed by atoms with Crippen LogP contribution in [0.1, 0.15) is 19.8 Å². The second-order valence-electron chi connectivity index (χ2n) is 3.13. The smallest absolute Gasteiger partial charge is 0.123 e. The van der Waals surface area contributed by atoms with Gasteiger partial charge in [-0.25, -0.2) is 4.39 Å². The lowest BCUT2D eigenvalue weighted by Crippen LogP contribution is -2.13. The van der Waals surface area contributed by atoms with Crippen molar-refractivity contribution < 1.29 is 9.13 Å². The molecule has 0 spiro atoms. The van der Waals surface area contributed by atoms with Crippen LogP contribution in [0.3, 0.4) is 0 Å². The predicted molar refractivity (Wildman–Crippen MR) is 55.9 cm³/mol. The van der Waals surface area contributed by atoms with Crippen LogP contribution in [0.2, 0.25) is 0 Å². The van der Waals surface area contributed by atoms with Gasteiger partial charge in [0.15, 0.2) is 0 Å². The fourth-order valence-electron chi connectivity index (χ4n) is 1.19. The lowest BCUT2D eigenvalue weighted by Gasteiger charge is -2.15. The van der Waals surface area contributed by atoms with Gasteiger partial charge in [-0.1, -0.05) is 13.0 Å². The zero-order valence-electron chi connectivity index (χ0n) is 8.37. The first kappa shape index (κ1) is 10.8. The Morgan fingerprint density at radius 3 is 2.57 bits per heavy atom. The van der Waals surface area contributed by atoms with Crippen LogP contribution in [-0.4, -0.2) is 6.10 Å². The quantitative estimate of drug-likeness (QED) is 0.651. The molecule has 0 saturated carbocycles. The molecule has 0 heterocycles. The Kier molecular flexibility index (Phi) is 4.17.